The average Bonchev–Trinajstić information content (AvgIpc) is 2.99. The van der Waals surface area contributed by atoms with Gasteiger partial charge in [-0.15, -0.1) is 0 Å². The van der Waals surface area contributed by atoms with E-state index in [4.69, 9.17) is 11.6 Å². The van der Waals surface area contributed by atoms with Gasteiger partial charge in [-0.2, -0.15) is 5.10 Å². The fourth-order valence-electron chi connectivity index (χ4n) is 3.16. The van der Waals surface area contributed by atoms with Crippen molar-refractivity contribution in [2.45, 2.75) is 13.5 Å². The summed E-state index contributed by atoms with van der Waals surface area (Å²) in [5.41, 5.74) is 3.92. The van der Waals surface area contributed by atoms with Gasteiger partial charge in [0.2, 0.25) is 0 Å². The van der Waals surface area contributed by atoms with Crippen LogP contribution < -0.4 is 4.90 Å². The Morgan fingerprint density at radius 2 is 1.88 bits per heavy atom. The highest BCUT2D eigenvalue weighted by Gasteiger charge is 2.21. The number of fused-ring (bicyclic) bond motifs is 1. The Kier molecular flexibility index (Phi) is 4.08. The Labute approximate surface area is 145 Å². The zero-order valence-electron chi connectivity index (χ0n) is 13.5. The molecule has 3 aromatic rings. The van der Waals surface area contributed by atoms with Crippen molar-refractivity contribution in [3.63, 3.8) is 0 Å². The van der Waals surface area contributed by atoms with Gasteiger partial charge in [0.15, 0.2) is 11.3 Å². The molecule has 1 saturated heterocycles. The van der Waals surface area contributed by atoms with Crippen molar-refractivity contribution in [1.82, 2.24) is 25.1 Å². The molecule has 0 amide bonds. The van der Waals surface area contributed by atoms with Crippen molar-refractivity contribution < 1.29 is 0 Å². The fraction of sp³-hybridized carbons (Fsp3) is 0.353. The molecule has 1 N–H and O–H groups in total. The van der Waals surface area contributed by atoms with E-state index in [1.165, 1.54) is 5.56 Å². The van der Waals surface area contributed by atoms with E-state index in [1.54, 1.807) is 6.33 Å². The molecule has 0 bridgehead atoms. The third-order valence-electron chi connectivity index (χ3n) is 4.52. The minimum absolute atomic E-state index is 0.837. The van der Waals surface area contributed by atoms with Gasteiger partial charge in [-0.3, -0.25) is 10.00 Å². The van der Waals surface area contributed by atoms with Crippen molar-refractivity contribution >= 4 is 28.5 Å². The minimum atomic E-state index is 0.837. The van der Waals surface area contributed by atoms with Crippen molar-refractivity contribution in [3.8, 4) is 0 Å². The molecule has 1 aliphatic rings. The number of aryl methyl sites for hydroxylation is 1. The number of hydrogen-bond donors (Lipinski definition) is 1. The smallest absolute Gasteiger partial charge is 0.160 e. The summed E-state index contributed by atoms with van der Waals surface area (Å²) < 4.78 is 0. The van der Waals surface area contributed by atoms with Crippen LogP contribution in [-0.4, -0.2) is 51.2 Å². The van der Waals surface area contributed by atoms with Gasteiger partial charge in [0.05, 0.1) is 5.69 Å². The van der Waals surface area contributed by atoms with E-state index in [1.807, 2.05) is 25.1 Å². The monoisotopic (exact) mass is 342 g/mol. The largest absolute Gasteiger partial charge is 0.352 e. The number of benzene rings is 1. The standard InChI is InChI=1S/C17H19ClN6/c1-12-15-16(22-21-12)17(20-11-19-15)24-8-6-23(7-9-24)10-13-4-2-3-5-14(13)18/h2-5,11H,6-10H2,1H3,(H,21,22). The third-order valence-corrected chi connectivity index (χ3v) is 4.89. The van der Waals surface area contributed by atoms with Crippen LogP contribution in [0.4, 0.5) is 5.82 Å². The van der Waals surface area contributed by atoms with Crippen molar-refractivity contribution in [3.05, 3.63) is 46.9 Å². The van der Waals surface area contributed by atoms with E-state index < -0.39 is 0 Å². The van der Waals surface area contributed by atoms with E-state index in [2.05, 4.69) is 36.0 Å². The molecule has 124 valence electrons. The molecular formula is C17H19ClN6. The molecule has 3 heterocycles. The van der Waals surface area contributed by atoms with E-state index >= 15 is 0 Å². The van der Waals surface area contributed by atoms with E-state index in [-0.39, 0.29) is 0 Å². The molecule has 6 nitrogen and oxygen atoms in total. The lowest BCUT2D eigenvalue weighted by molar-refractivity contribution is 0.249. The second-order valence-corrected chi connectivity index (χ2v) is 6.50. The molecule has 1 fully saturated rings. The maximum absolute atomic E-state index is 6.27. The molecule has 0 spiro atoms. The lowest BCUT2D eigenvalue weighted by atomic mass is 10.2. The SMILES string of the molecule is Cc1[nH]nc2c(N3CCN(Cc4ccccc4Cl)CC3)ncnc12. The first kappa shape index (κ1) is 15.4. The van der Waals surface area contributed by atoms with E-state index in [9.17, 15) is 0 Å². The molecule has 0 unspecified atom stereocenters. The van der Waals surface area contributed by atoms with Gasteiger partial charge in [-0.05, 0) is 18.6 Å². The lowest BCUT2D eigenvalue weighted by Gasteiger charge is -2.35. The Balaban J connectivity index is 1.47. The summed E-state index contributed by atoms with van der Waals surface area (Å²) in [7, 11) is 0. The van der Waals surface area contributed by atoms with Crippen LogP contribution in [0.25, 0.3) is 11.0 Å². The zero-order valence-corrected chi connectivity index (χ0v) is 14.3. The van der Waals surface area contributed by atoms with Gasteiger partial charge in [-0.25, -0.2) is 9.97 Å². The summed E-state index contributed by atoms with van der Waals surface area (Å²) in [5, 5.41) is 8.21. The number of aromatic amines is 1. The molecule has 1 aliphatic heterocycles. The summed E-state index contributed by atoms with van der Waals surface area (Å²) >= 11 is 6.27. The maximum atomic E-state index is 6.27. The highest BCUT2D eigenvalue weighted by Crippen LogP contribution is 2.24. The second kappa shape index (κ2) is 6.37. The number of hydrogen-bond acceptors (Lipinski definition) is 5. The number of nitrogens with one attached hydrogen (secondary N) is 1. The Hall–Kier alpha value is -2.18. The number of H-pyrrole nitrogens is 1. The highest BCUT2D eigenvalue weighted by molar-refractivity contribution is 6.31. The summed E-state index contributed by atoms with van der Waals surface area (Å²) in [5.74, 6) is 0.918. The topological polar surface area (TPSA) is 60.9 Å². The Morgan fingerprint density at radius 1 is 1.08 bits per heavy atom. The van der Waals surface area contributed by atoms with Gasteiger partial charge in [0.1, 0.15) is 11.8 Å². The van der Waals surface area contributed by atoms with Gasteiger partial charge >= 0.3 is 0 Å². The molecule has 0 radical (unpaired) electrons. The third kappa shape index (κ3) is 2.83. The van der Waals surface area contributed by atoms with Crippen LogP contribution in [-0.2, 0) is 6.54 Å². The van der Waals surface area contributed by atoms with E-state index in [0.29, 0.717) is 0 Å². The number of halogens is 1. The molecule has 0 saturated carbocycles. The number of rotatable bonds is 3. The van der Waals surface area contributed by atoms with Crippen LogP contribution in [0.2, 0.25) is 5.02 Å². The molecule has 1 aromatic carbocycles. The van der Waals surface area contributed by atoms with Gasteiger partial charge in [0, 0.05) is 37.7 Å². The molecule has 0 atom stereocenters. The van der Waals surface area contributed by atoms with Crippen LogP contribution in [0.15, 0.2) is 30.6 Å². The molecule has 24 heavy (non-hydrogen) atoms. The summed E-state index contributed by atoms with van der Waals surface area (Å²) in [6.07, 6.45) is 1.62. The molecule has 4 rings (SSSR count). The van der Waals surface area contributed by atoms with Gasteiger partial charge in [-0.1, -0.05) is 29.8 Å². The van der Waals surface area contributed by atoms with Crippen LogP contribution in [0.3, 0.4) is 0 Å². The molecule has 7 heteroatoms. The van der Waals surface area contributed by atoms with Crippen LogP contribution >= 0.6 is 11.6 Å². The lowest BCUT2D eigenvalue weighted by Crippen LogP contribution is -2.46. The Morgan fingerprint density at radius 3 is 2.67 bits per heavy atom. The predicted molar refractivity (Wildman–Crippen MR) is 95.4 cm³/mol. The van der Waals surface area contributed by atoms with Crippen LogP contribution in [0.5, 0.6) is 0 Å². The first-order valence-corrected chi connectivity index (χ1v) is 8.46. The highest BCUT2D eigenvalue weighted by atomic mass is 35.5. The summed E-state index contributed by atoms with van der Waals surface area (Å²) in [6, 6.07) is 8.05. The number of anilines is 1. The molecular weight excluding hydrogens is 324 g/mol. The maximum Gasteiger partial charge on any atom is 0.160 e. The Bertz CT molecular complexity index is 853. The summed E-state index contributed by atoms with van der Waals surface area (Å²) in [6.45, 7) is 6.65. The first-order chi connectivity index (χ1) is 11.7. The minimum Gasteiger partial charge on any atom is -0.352 e. The molecule has 0 aliphatic carbocycles. The quantitative estimate of drug-likeness (QED) is 0.793. The zero-order chi connectivity index (χ0) is 16.5. The fourth-order valence-corrected chi connectivity index (χ4v) is 3.35. The number of aromatic nitrogens is 4. The van der Waals surface area contributed by atoms with Crippen molar-refractivity contribution in [1.29, 1.82) is 0 Å². The number of nitrogens with zero attached hydrogens (tertiary/aromatic N) is 5. The first-order valence-electron chi connectivity index (χ1n) is 8.09. The van der Waals surface area contributed by atoms with Crippen molar-refractivity contribution in [2.75, 3.05) is 31.1 Å². The van der Waals surface area contributed by atoms with Gasteiger partial charge in [0.25, 0.3) is 0 Å². The average molecular weight is 343 g/mol. The second-order valence-electron chi connectivity index (χ2n) is 6.10. The number of piperazine rings is 1. The predicted octanol–water partition coefficient (Wildman–Crippen LogP) is 2.64. The van der Waals surface area contributed by atoms with Crippen molar-refractivity contribution in [2.24, 2.45) is 0 Å². The van der Waals surface area contributed by atoms with Crippen LogP contribution in [0.1, 0.15) is 11.3 Å². The van der Waals surface area contributed by atoms with Crippen LogP contribution in [0, 0.1) is 6.92 Å². The normalized spacial score (nSPS) is 16.0. The molecule has 2 aromatic heterocycles. The van der Waals surface area contributed by atoms with E-state index in [0.717, 1.165) is 60.3 Å². The summed E-state index contributed by atoms with van der Waals surface area (Å²) in [4.78, 5) is 13.5. The van der Waals surface area contributed by atoms with Gasteiger partial charge < -0.3 is 4.90 Å².